The summed E-state index contributed by atoms with van der Waals surface area (Å²) in [5, 5.41) is 10.5. The molecule has 1 N–H and O–H groups in total. The number of alkyl halides is 3. The molecule has 0 amide bonds. The van der Waals surface area contributed by atoms with Gasteiger partial charge in [-0.25, -0.2) is 0 Å². The Bertz CT molecular complexity index is 928. The van der Waals surface area contributed by atoms with Gasteiger partial charge in [0.15, 0.2) is 17.6 Å². The largest absolute Gasteiger partial charge is 0.435 e. The van der Waals surface area contributed by atoms with Gasteiger partial charge in [0.25, 0.3) is 0 Å². The van der Waals surface area contributed by atoms with E-state index in [2.05, 4.69) is 15.5 Å². The molecule has 3 aliphatic rings. The van der Waals surface area contributed by atoms with Crippen LogP contribution in [0.1, 0.15) is 45.6 Å². The SMILES string of the molecule is CCC1(c2ccccc2)C2=C(CC(C)(C)CC2=O)NC2N=NC(C(F)(F)F)=C21. The third kappa shape index (κ3) is 2.63. The molecule has 7 heteroatoms. The summed E-state index contributed by atoms with van der Waals surface area (Å²) in [4.78, 5) is 13.3. The van der Waals surface area contributed by atoms with E-state index >= 15 is 0 Å². The summed E-state index contributed by atoms with van der Waals surface area (Å²) in [7, 11) is 0. The highest BCUT2D eigenvalue weighted by molar-refractivity contribution is 6.01. The average molecular weight is 389 g/mol. The van der Waals surface area contributed by atoms with Crippen LogP contribution in [0.5, 0.6) is 0 Å². The van der Waals surface area contributed by atoms with Crippen molar-refractivity contribution < 1.29 is 18.0 Å². The monoisotopic (exact) mass is 389 g/mol. The van der Waals surface area contributed by atoms with E-state index in [-0.39, 0.29) is 16.8 Å². The summed E-state index contributed by atoms with van der Waals surface area (Å²) in [5.74, 6) is -0.108. The highest BCUT2D eigenvalue weighted by atomic mass is 19.4. The lowest BCUT2D eigenvalue weighted by atomic mass is 9.58. The maximum atomic E-state index is 13.8. The van der Waals surface area contributed by atoms with Crippen LogP contribution in [0.15, 0.2) is 63.1 Å². The second-order valence-corrected chi connectivity index (χ2v) is 8.44. The van der Waals surface area contributed by atoms with Crippen molar-refractivity contribution in [1.82, 2.24) is 5.32 Å². The van der Waals surface area contributed by atoms with Gasteiger partial charge in [-0.1, -0.05) is 51.1 Å². The number of ketones is 1. The van der Waals surface area contributed by atoms with Crippen molar-refractivity contribution >= 4 is 5.78 Å². The van der Waals surface area contributed by atoms with Gasteiger partial charge >= 0.3 is 6.18 Å². The van der Waals surface area contributed by atoms with Crippen LogP contribution in [0.2, 0.25) is 0 Å². The highest BCUT2D eigenvalue weighted by Crippen LogP contribution is 2.56. The number of rotatable bonds is 2. The molecule has 0 fully saturated rings. The quantitative estimate of drug-likeness (QED) is 0.757. The first-order valence-corrected chi connectivity index (χ1v) is 9.42. The summed E-state index contributed by atoms with van der Waals surface area (Å²) in [6.45, 7) is 5.82. The Morgan fingerprint density at radius 2 is 1.86 bits per heavy atom. The summed E-state index contributed by atoms with van der Waals surface area (Å²) in [6, 6.07) is 8.98. The average Bonchev–Trinajstić information content (AvgIpc) is 3.04. The van der Waals surface area contributed by atoms with Crippen LogP contribution in [0.25, 0.3) is 0 Å². The molecule has 0 bridgehead atoms. The van der Waals surface area contributed by atoms with Crippen LogP contribution in [-0.2, 0) is 10.2 Å². The van der Waals surface area contributed by atoms with Gasteiger partial charge in [0.2, 0.25) is 0 Å². The number of hydrogen-bond acceptors (Lipinski definition) is 4. The number of hydrogen-bond donors (Lipinski definition) is 1. The van der Waals surface area contributed by atoms with Crippen molar-refractivity contribution in [2.24, 2.45) is 15.6 Å². The highest BCUT2D eigenvalue weighted by Gasteiger charge is 2.57. The van der Waals surface area contributed by atoms with Crippen LogP contribution in [0, 0.1) is 5.41 Å². The van der Waals surface area contributed by atoms with E-state index in [9.17, 15) is 18.0 Å². The Kier molecular flexibility index (Phi) is 4.07. The predicted octanol–water partition coefficient (Wildman–Crippen LogP) is 5.19. The minimum Gasteiger partial charge on any atom is -0.362 e. The van der Waals surface area contributed by atoms with Gasteiger partial charge in [-0.2, -0.15) is 18.3 Å². The molecule has 0 spiro atoms. The first-order chi connectivity index (χ1) is 13.1. The molecule has 2 heterocycles. The zero-order valence-electron chi connectivity index (χ0n) is 16.0. The minimum absolute atomic E-state index is 0.0421. The van der Waals surface area contributed by atoms with E-state index in [1.807, 2.05) is 26.8 Å². The number of Topliss-reactive ketones (excluding diaryl/α,β-unsaturated/α-hetero) is 1. The van der Waals surface area contributed by atoms with E-state index in [0.717, 1.165) is 0 Å². The van der Waals surface area contributed by atoms with Crippen molar-refractivity contribution in [1.29, 1.82) is 0 Å². The number of allylic oxidation sites excluding steroid dienone is 3. The first kappa shape index (κ1) is 18.9. The number of azo groups is 1. The molecule has 1 aromatic carbocycles. The lowest BCUT2D eigenvalue weighted by Crippen LogP contribution is -2.52. The molecule has 4 rings (SSSR count). The Hall–Kier alpha value is -2.44. The van der Waals surface area contributed by atoms with Gasteiger partial charge in [0.05, 0.1) is 5.41 Å². The van der Waals surface area contributed by atoms with Crippen molar-refractivity contribution in [3.8, 4) is 0 Å². The Morgan fingerprint density at radius 3 is 2.46 bits per heavy atom. The maximum Gasteiger partial charge on any atom is 0.435 e. The molecule has 0 radical (unpaired) electrons. The fraction of sp³-hybridized carbons (Fsp3) is 0.476. The molecule has 0 aromatic heterocycles. The Labute approximate surface area is 161 Å². The summed E-state index contributed by atoms with van der Waals surface area (Å²) < 4.78 is 41.5. The zero-order valence-corrected chi connectivity index (χ0v) is 16.0. The lowest BCUT2D eigenvalue weighted by Gasteiger charge is -2.48. The minimum atomic E-state index is -4.64. The normalized spacial score (nSPS) is 28.9. The predicted molar refractivity (Wildman–Crippen MR) is 98.3 cm³/mol. The van der Waals surface area contributed by atoms with Gasteiger partial charge in [-0.3, -0.25) is 4.79 Å². The summed E-state index contributed by atoms with van der Waals surface area (Å²) >= 11 is 0. The second kappa shape index (κ2) is 6.03. The van der Waals surface area contributed by atoms with Gasteiger partial charge in [0.1, 0.15) is 0 Å². The number of nitrogens with one attached hydrogen (secondary N) is 1. The standard InChI is InChI=1S/C21H22F3N3O/c1-4-20(12-8-6-5-7-9-12)15-13(10-19(2,3)11-14(15)28)25-18-16(20)17(26-27-18)21(22,23)24/h5-9,18,25H,4,10-11H2,1-3H3. The summed E-state index contributed by atoms with van der Waals surface area (Å²) in [6.07, 6.45) is -4.34. The number of benzene rings is 1. The van der Waals surface area contributed by atoms with E-state index < -0.39 is 23.5 Å². The molecular weight excluding hydrogens is 367 g/mol. The van der Waals surface area contributed by atoms with Gasteiger partial charge in [-0.05, 0) is 23.8 Å². The third-order valence-electron chi connectivity index (χ3n) is 5.94. The van der Waals surface area contributed by atoms with Gasteiger partial charge < -0.3 is 5.32 Å². The van der Waals surface area contributed by atoms with Crippen molar-refractivity contribution in [3.05, 3.63) is 58.4 Å². The first-order valence-electron chi connectivity index (χ1n) is 9.42. The van der Waals surface area contributed by atoms with Crippen LogP contribution in [0.4, 0.5) is 13.2 Å². The topological polar surface area (TPSA) is 53.8 Å². The molecule has 2 unspecified atom stereocenters. The molecule has 1 aromatic rings. The lowest BCUT2D eigenvalue weighted by molar-refractivity contribution is -0.119. The molecule has 2 atom stereocenters. The fourth-order valence-electron chi connectivity index (χ4n) is 4.94. The molecule has 28 heavy (non-hydrogen) atoms. The molecule has 0 saturated carbocycles. The molecular formula is C21H22F3N3O. The van der Waals surface area contributed by atoms with Gasteiger partial charge in [-0.15, -0.1) is 5.11 Å². The van der Waals surface area contributed by atoms with Gasteiger partial charge in [0, 0.05) is 23.3 Å². The van der Waals surface area contributed by atoms with Crippen LogP contribution >= 0.6 is 0 Å². The number of nitrogens with zero attached hydrogens (tertiary/aromatic N) is 2. The number of fused-ring (bicyclic) bond motifs is 1. The fourth-order valence-corrected chi connectivity index (χ4v) is 4.94. The van der Waals surface area contributed by atoms with Crippen molar-refractivity contribution in [2.45, 2.75) is 57.8 Å². The number of carbonyl (C=O) groups excluding carboxylic acids is 1. The van der Waals surface area contributed by atoms with Crippen molar-refractivity contribution in [2.75, 3.05) is 0 Å². The molecule has 2 aliphatic heterocycles. The van der Waals surface area contributed by atoms with E-state index in [4.69, 9.17) is 0 Å². The van der Waals surface area contributed by atoms with E-state index in [0.29, 0.717) is 36.1 Å². The number of halogens is 3. The molecule has 4 nitrogen and oxygen atoms in total. The van der Waals surface area contributed by atoms with Crippen molar-refractivity contribution in [3.63, 3.8) is 0 Å². The number of carbonyl (C=O) groups is 1. The Balaban J connectivity index is 2.07. The maximum absolute atomic E-state index is 13.8. The summed E-state index contributed by atoms with van der Waals surface area (Å²) in [5.41, 5.74) is -0.574. The zero-order chi connectivity index (χ0) is 20.3. The van der Waals surface area contributed by atoms with E-state index in [1.54, 1.807) is 24.3 Å². The Morgan fingerprint density at radius 1 is 1.18 bits per heavy atom. The van der Waals surface area contributed by atoms with E-state index in [1.165, 1.54) is 0 Å². The van der Waals surface area contributed by atoms with Crippen LogP contribution < -0.4 is 5.32 Å². The molecule has 148 valence electrons. The smallest absolute Gasteiger partial charge is 0.362 e. The second-order valence-electron chi connectivity index (χ2n) is 8.44. The third-order valence-corrected chi connectivity index (χ3v) is 5.94. The van der Waals surface area contributed by atoms with Crippen LogP contribution in [0.3, 0.4) is 0 Å². The molecule has 0 saturated heterocycles. The molecule has 1 aliphatic carbocycles. The van der Waals surface area contributed by atoms with Crippen LogP contribution in [-0.4, -0.2) is 18.1 Å².